The number of esters is 1. The number of thiophene rings is 2. The molecule has 1 saturated heterocycles. The Bertz CT molecular complexity index is 1070. The van der Waals surface area contributed by atoms with Crippen molar-refractivity contribution < 1.29 is 19.1 Å². The van der Waals surface area contributed by atoms with Crippen LogP contribution in [0.5, 0.6) is 0 Å². The predicted molar refractivity (Wildman–Crippen MR) is 127 cm³/mol. The fourth-order valence-electron chi connectivity index (χ4n) is 3.40. The van der Waals surface area contributed by atoms with E-state index in [4.69, 9.17) is 9.47 Å². The van der Waals surface area contributed by atoms with Gasteiger partial charge in [0.25, 0.3) is 0 Å². The summed E-state index contributed by atoms with van der Waals surface area (Å²) >= 11 is 4.32. The van der Waals surface area contributed by atoms with E-state index in [0.29, 0.717) is 22.3 Å². The van der Waals surface area contributed by atoms with Crippen molar-refractivity contribution in [3.8, 4) is 10.7 Å². The molecule has 1 amide bonds. The summed E-state index contributed by atoms with van der Waals surface area (Å²) in [6, 6.07) is 5.76. The second-order valence-electron chi connectivity index (χ2n) is 7.17. The second kappa shape index (κ2) is 10.6. The van der Waals surface area contributed by atoms with Gasteiger partial charge in [-0.1, -0.05) is 24.8 Å². The van der Waals surface area contributed by atoms with Gasteiger partial charge in [0.1, 0.15) is 5.00 Å². The molecule has 1 atom stereocenters. The quantitative estimate of drug-likeness (QED) is 0.351. The summed E-state index contributed by atoms with van der Waals surface area (Å²) in [7, 11) is 1.33. The molecule has 32 heavy (non-hydrogen) atoms. The van der Waals surface area contributed by atoms with Crippen molar-refractivity contribution in [1.29, 1.82) is 0 Å². The van der Waals surface area contributed by atoms with E-state index in [1.807, 2.05) is 29.0 Å². The number of aryl methyl sites for hydroxylation is 1. The van der Waals surface area contributed by atoms with Crippen LogP contribution in [0.15, 0.2) is 28.7 Å². The van der Waals surface area contributed by atoms with Crippen LogP contribution in [0.4, 0.5) is 5.00 Å². The number of thioether (sulfide) groups is 1. The topological polar surface area (TPSA) is 95.3 Å². The van der Waals surface area contributed by atoms with Gasteiger partial charge in [-0.2, -0.15) is 0 Å². The molecule has 0 saturated carbocycles. The Morgan fingerprint density at radius 3 is 2.97 bits per heavy atom. The maximum absolute atomic E-state index is 12.7. The molecule has 8 nitrogen and oxygen atoms in total. The van der Waals surface area contributed by atoms with E-state index in [9.17, 15) is 9.59 Å². The van der Waals surface area contributed by atoms with Crippen LogP contribution in [0.3, 0.4) is 0 Å². The smallest absolute Gasteiger partial charge is 0.340 e. The molecule has 0 bridgehead atoms. The third-order valence-electron chi connectivity index (χ3n) is 4.99. The van der Waals surface area contributed by atoms with Crippen molar-refractivity contribution in [3.05, 3.63) is 34.0 Å². The minimum Gasteiger partial charge on any atom is -0.465 e. The average Bonchev–Trinajstić information content (AvgIpc) is 3.59. The molecular weight excluding hydrogens is 468 g/mol. The summed E-state index contributed by atoms with van der Waals surface area (Å²) in [5.41, 5.74) is 0.384. The van der Waals surface area contributed by atoms with Gasteiger partial charge in [0.15, 0.2) is 11.0 Å². The van der Waals surface area contributed by atoms with Gasteiger partial charge in [-0.15, -0.1) is 32.9 Å². The lowest BCUT2D eigenvalue weighted by molar-refractivity contribution is -0.113. The minimum absolute atomic E-state index is 0.124. The summed E-state index contributed by atoms with van der Waals surface area (Å²) in [6.07, 6.45) is 2.95. The highest BCUT2D eigenvalue weighted by Gasteiger charge is 2.23. The number of anilines is 1. The number of hydrogen-bond donors (Lipinski definition) is 1. The van der Waals surface area contributed by atoms with Gasteiger partial charge in [-0.05, 0) is 36.8 Å². The number of ether oxygens (including phenoxy) is 2. The van der Waals surface area contributed by atoms with Crippen LogP contribution >= 0.6 is 34.4 Å². The van der Waals surface area contributed by atoms with Crippen molar-refractivity contribution >= 4 is 51.3 Å². The molecule has 3 aromatic rings. The van der Waals surface area contributed by atoms with Crippen molar-refractivity contribution in [1.82, 2.24) is 14.8 Å². The fraction of sp³-hybridized carbons (Fsp3) is 0.429. The van der Waals surface area contributed by atoms with Gasteiger partial charge in [0, 0.05) is 11.5 Å². The van der Waals surface area contributed by atoms with E-state index in [1.165, 1.54) is 30.2 Å². The Morgan fingerprint density at radius 1 is 1.41 bits per heavy atom. The SMILES string of the molecule is CCc1cc(C(=O)OC)c(NC(=O)CSc2nnc(-c3cccs3)n2CC2CCCO2)s1. The summed E-state index contributed by atoms with van der Waals surface area (Å²) < 4.78 is 12.7. The molecule has 170 valence electrons. The molecule has 0 aromatic carbocycles. The molecule has 1 unspecified atom stereocenters. The Morgan fingerprint density at radius 2 is 2.28 bits per heavy atom. The van der Waals surface area contributed by atoms with Gasteiger partial charge < -0.3 is 14.8 Å². The van der Waals surface area contributed by atoms with Gasteiger partial charge >= 0.3 is 5.97 Å². The molecule has 0 radical (unpaired) electrons. The molecule has 4 heterocycles. The number of rotatable bonds is 9. The maximum Gasteiger partial charge on any atom is 0.340 e. The first-order valence-corrected chi connectivity index (χ1v) is 13.0. The average molecular weight is 493 g/mol. The number of hydrogen-bond acceptors (Lipinski definition) is 9. The van der Waals surface area contributed by atoms with Gasteiger partial charge in [0.05, 0.1) is 36.0 Å². The summed E-state index contributed by atoms with van der Waals surface area (Å²) in [5, 5.41) is 14.8. The second-order valence-corrected chi connectivity index (χ2v) is 10.2. The highest BCUT2D eigenvalue weighted by atomic mass is 32.2. The first-order chi connectivity index (χ1) is 15.6. The van der Waals surface area contributed by atoms with E-state index in [2.05, 4.69) is 15.5 Å². The molecule has 0 aliphatic carbocycles. The summed E-state index contributed by atoms with van der Waals surface area (Å²) in [5.74, 6) is 0.265. The zero-order valence-electron chi connectivity index (χ0n) is 17.8. The van der Waals surface area contributed by atoms with Crippen LogP contribution in [-0.4, -0.2) is 52.2 Å². The Balaban J connectivity index is 1.47. The summed E-state index contributed by atoms with van der Waals surface area (Å²) in [6.45, 7) is 3.43. The molecule has 1 N–H and O–H groups in total. The number of nitrogens with one attached hydrogen (secondary N) is 1. The molecule has 0 spiro atoms. The standard InChI is InChI=1S/C21H24N4O4S3/c1-3-14-10-15(20(27)28-2)19(32-14)22-17(26)12-31-21-24-23-18(16-7-5-9-30-16)25(21)11-13-6-4-8-29-13/h5,7,9-10,13H,3-4,6,8,11-12H2,1-2H3,(H,22,26). The first-order valence-electron chi connectivity index (χ1n) is 10.3. The Labute approximate surface area is 198 Å². The molecular formula is C21H24N4O4S3. The van der Waals surface area contributed by atoms with Crippen LogP contribution < -0.4 is 5.32 Å². The molecule has 1 fully saturated rings. The van der Waals surface area contributed by atoms with Crippen molar-refractivity contribution in [2.24, 2.45) is 0 Å². The number of carbonyl (C=O) groups excluding carboxylic acids is 2. The number of methoxy groups -OCH3 is 1. The highest BCUT2D eigenvalue weighted by Crippen LogP contribution is 2.31. The highest BCUT2D eigenvalue weighted by molar-refractivity contribution is 7.99. The van der Waals surface area contributed by atoms with Crippen LogP contribution in [0.2, 0.25) is 0 Å². The number of carbonyl (C=O) groups is 2. The zero-order chi connectivity index (χ0) is 22.5. The monoisotopic (exact) mass is 492 g/mol. The predicted octanol–water partition coefficient (Wildman–Crippen LogP) is 4.33. The van der Waals surface area contributed by atoms with Crippen molar-refractivity contribution in [2.45, 2.75) is 44.0 Å². The van der Waals surface area contributed by atoms with Crippen LogP contribution in [0.25, 0.3) is 10.7 Å². The zero-order valence-corrected chi connectivity index (χ0v) is 20.3. The third kappa shape index (κ3) is 5.22. The maximum atomic E-state index is 12.7. The molecule has 11 heteroatoms. The van der Waals surface area contributed by atoms with E-state index in [-0.39, 0.29) is 17.8 Å². The molecule has 3 aromatic heterocycles. The van der Waals surface area contributed by atoms with E-state index in [1.54, 1.807) is 17.4 Å². The van der Waals surface area contributed by atoms with Crippen LogP contribution in [-0.2, 0) is 27.2 Å². The van der Waals surface area contributed by atoms with E-state index >= 15 is 0 Å². The molecule has 1 aliphatic heterocycles. The lowest BCUT2D eigenvalue weighted by Gasteiger charge is -2.14. The third-order valence-corrected chi connectivity index (χ3v) is 8.02. The van der Waals surface area contributed by atoms with Gasteiger partial charge in [-0.25, -0.2) is 4.79 Å². The van der Waals surface area contributed by atoms with E-state index < -0.39 is 5.97 Å². The molecule has 4 rings (SSSR count). The normalized spacial score (nSPS) is 15.8. The van der Waals surface area contributed by atoms with E-state index in [0.717, 1.165) is 41.4 Å². The largest absolute Gasteiger partial charge is 0.465 e. The minimum atomic E-state index is -0.458. The Hall–Kier alpha value is -2.21. The number of aromatic nitrogens is 3. The lowest BCUT2D eigenvalue weighted by Crippen LogP contribution is -2.18. The van der Waals surface area contributed by atoms with Crippen molar-refractivity contribution in [3.63, 3.8) is 0 Å². The van der Waals surface area contributed by atoms with Crippen molar-refractivity contribution in [2.75, 3.05) is 24.8 Å². The number of nitrogens with zero attached hydrogens (tertiary/aromatic N) is 3. The van der Waals surface area contributed by atoms with Gasteiger partial charge in [0.2, 0.25) is 5.91 Å². The van der Waals surface area contributed by atoms with Gasteiger partial charge in [-0.3, -0.25) is 9.36 Å². The lowest BCUT2D eigenvalue weighted by atomic mass is 10.2. The van der Waals surface area contributed by atoms with Crippen LogP contribution in [0, 0.1) is 0 Å². The molecule has 1 aliphatic rings. The number of amides is 1. The fourth-order valence-corrected chi connectivity index (χ4v) is 5.87. The summed E-state index contributed by atoms with van der Waals surface area (Å²) in [4.78, 5) is 26.8. The first kappa shape index (κ1) is 23.0. The van der Waals surface area contributed by atoms with Crippen LogP contribution in [0.1, 0.15) is 35.0 Å². The Kier molecular flexibility index (Phi) is 7.61.